The van der Waals surface area contributed by atoms with E-state index in [0.717, 1.165) is 12.8 Å². The molecule has 1 amide bonds. The molecule has 4 nitrogen and oxygen atoms in total. The van der Waals surface area contributed by atoms with Gasteiger partial charge in [-0.1, -0.05) is 12.1 Å². The summed E-state index contributed by atoms with van der Waals surface area (Å²) < 4.78 is 0. The van der Waals surface area contributed by atoms with Gasteiger partial charge in [-0.25, -0.2) is 0 Å². The molecule has 0 aliphatic heterocycles. The van der Waals surface area contributed by atoms with E-state index < -0.39 is 0 Å². The SMILES string of the molecule is CC(CCc1ccc(O)cc1)NC(=O)CN(C)C. The number of carbonyl (C=O) groups excluding carboxylic acids is 1. The molecule has 1 atom stereocenters. The first kappa shape index (κ1) is 14.5. The van der Waals surface area contributed by atoms with Crippen LogP contribution in [-0.2, 0) is 11.2 Å². The van der Waals surface area contributed by atoms with Crippen LogP contribution in [0.3, 0.4) is 0 Å². The van der Waals surface area contributed by atoms with Gasteiger partial charge in [0.15, 0.2) is 0 Å². The summed E-state index contributed by atoms with van der Waals surface area (Å²) in [5, 5.41) is 12.1. The largest absolute Gasteiger partial charge is 0.508 e. The van der Waals surface area contributed by atoms with Crippen LogP contribution in [0.4, 0.5) is 0 Å². The molecule has 0 saturated heterocycles. The third-order valence-electron chi connectivity index (χ3n) is 2.67. The summed E-state index contributed by atoms with van der Waals surface area (Å²) >= 11 is 0. The van der Waals surface area contributed by atoms with Crippen LogP contribution in [0.5, 0.6) is 5.75 Å². The van der Waals surface area contributed by atoms with Crippen molar-refractivity contribution in [1.82, 2.24) is 10.2 Å². The number of phenols is 1. The smallest absolute Gasteiger partial charge is 0.234 e. The second-order valence-corrected chi connectivity index (χ2v) is 4.91. The van der Waals surface area contributed by atoms with Gasteiger partial charge in [-0.3, -0.25) is 4.79 Å². The van der Waals surface area contributed by atoms with Crippen molar-refractivity contribution in [3.63, 3.8) is 0 Å². The number of phenolic OH excluding ortho intramolecular Hbond substituents is 1. The van der Waals surface area contributed by atoms with Crippen molar-refractivity contribution in [2.24, 2.45) is 0 Å². The van der Waals surface area contributed by atoms with E-state index in [1.165, 1.54) is 5.56 Å². The van der Waals surface area contributed by atoms with Crippen LogP contribution in [0.2, 0.25) is 0 Å². The van der Waals surface area contributed by atoms with Gasteiger partial charge in [-0.2, -0.15) is 0 Å². The molecule has 0 radical (unpaired) electrons. The predicted octanol–water partition coefficient (Wildman–Crippen LogP) is 1.39. The zero-order chi connectivity index (χ0) is 13.5. The summed E-state index contributed by atoms with van der Waals surface area (Å²) in [7, 11) is 3.75. The Kier molecular flexibility index (Phi) is 5.65. The number of hydrogen-bond donors (Lipinski definition) is 2. The van der Waals surface area contributed by atoms with Crippen LogP contribution >= 0.6 is 0 Å². The molecule has 0 saturated carbocycles. The number of likely N-dealkylation sites (N-methyl/N-ethyl adjacent to an activating group) is 1. The van der Waals surface area contributed by atoms with Gasteiger partial charge in [0.2, 0.25) is 5.91 Å². The highest BCUT2D eigenvalue weighted by Gasteiger charge is 2.08. The van der Waals surface area contributed by atoms with E-state index in [4.69, 9.17) is 0 Å². The number of nitrogens with zero attached hydrogens (tertiary/aromatic N) is 1. The second-order valence-electron chi connectivity index (χ2n) is 4.91. The molecule has 2 N–H and O–H groups in total. The second kappa shape index (κ2) is 7.01. The van der Waals surface area contributed by atoms with E-state index in [1.807, 2.05) is 38.1 Å². The molecule has 1 unspecified atom stereocenters. The quantitative estimate of drug-likeness (QED) is 0.802. The van der Waals surface area contributed by atoms with E-state index >= 15 is 0 Å². The normalized spacial score (nSPS) is 12.4. The van der Waals surface area contributed by atoms with Crippen molar-refractivity contribution in [3.05, 3.63) is 29.8 Å². The molecule has 0 spiro atoms. The maximum absolute atomic E-state index is 11.5. The summed E-state index contributed by atoms with van der Waals surface area (Å²) in [5.41, 5.74) is 1.17. The zero-order valence-corrected chi connectivity index (χ0v) is 11.3. The lowest BCUT2D eigenvalue weighted by Crippen LogP contribution is -2.38. The molecule has 0 bridgehead atoms. The minimum Gasteiger partial charge on any atom is -0.508 e. The number of hydrogen-bond acceptors (Lipinski definition) is 3. The molecule has 0 aromatic heterocycles. The highest BCUT2D eigenvalue weighted by atomic mass is 16.3. The molecular weight excluding hydrogens is 228 g/mol. The number of amides is 1. The van der Waals surface area contributed by atoms with Gasteiger partial charge in [-0.15, -0.1) is 0 Å². The lowest BCUT2D eigenvalue weighted by Gasteiger charge is -2.16. The summed E-state index contributed by atoms with van der Waals surface area (Å²) in [4.78, 5) is 13.4. The Morgan fingerprint density at radius 3 is 2.50 bits per heavy atom. The lowest BCUT2D eigenvalue weighted by atomic mass is 10.1. The van der Waals surface area contributed by atoms with Crippen LogP contribution in [0.15, 0.2) is 24.3 Å². The number of benzene rings is 1. The standard InChI is InChI=1S/C14H22N2O2/c1-11(15-14(18)10-16(2)3)4-5-12-6-8-13(17)9-7-12/h6-9,11,17H,4-5,10H2,1-3H3,(H,15,18). The highest BCUT2D eigenvalue weighted by molar-refractivity contribution is 5.78. The minimum absolute atomic E-state index is 0.0539. The van der Waals surface area contributed by atoms with Crippen molar-refractivity contribution in [2.75, 3.05) is 20.6 Å². The molecule has 1 aromatic rings. The Hall–Kier alpha value is -1.55. The monoisotopic (exact) mass is 250 g/mol. The Labute approximate surface area is 109 Å². The molecule has 0 fully saturated rings. The van der Waals surface area contributed by atoms with Crippen molar-refractivity contribution in [2.45, 2.75) is 25.8 Å². The lowest BCUT2D eigenvalue weighted by molar-refractivity contribution is -0.122. The summed E-state index contributed by atoms with van der Waals surface area (Å²) in [5.74, 6) is 0.337. The fourth-order valence-electron chi connectivity index (χ4n) is 1.73. The molecule has 4 heteroatoms. The predicted molar refractivity (Wildman–Crippen MR) is 72.6 cm³/mol. The first-order valence-electron chi connectivity index (χ1n) is 6.19. The van der Waals surface area contributed by atoms with Crippen LogP contribution < -0.4 is 5.32 Å². The third-order valence-corrected chi connectivity index (χ3v) is 2.67. The first-order chi connectivity index (χ1) is 8.47. The molecule has 18 heavy (non-hydrogen) atoms. The fourth-order valence-corrected chi connectivity index (χ4v) is 1.73. The minimum atomic E-state index is 0.0539. The molecule has 0 aliphatic rings. The average molecular weight is 250 g/mol. The molecule has 0 aliphatic carbocycles. The number of rotatable bonds is 6. The van der Waals surface area contributed by atoms with Crippen LogP contribution in [0.1, 0.15) is 18.9 Å². The topological polar surface area (TPSA) is 52.6 Å². The van der Waals surface area contributed by atoms with E-state index in [0.29, 0.717) is 6.54 Å². The maximum atomic E-state index is 11.5. The van der Waals surface area contributed by atoms with E-state index in [2.05, 4.69) is 5.32 Å². The number of carbonyl (C=O) groups is 1. The Bertz CT molecular complexity index is 374. The van der Waals surface area contributed by atoms with Gasteiger partial charge in [0.1, 0.15) is 5.75 Å². The van der Waals surface area contributed by atoms with Gasteiger partial charge in [0.25, 0.3) is 0 Å². The number of aromatic hydroxyl groups is 1. The third kappa shape index (κ3) is 5.68. The maximum Gasteiger partial charge on any atom is 0.234 e. The first-order valence-corrected chi connectivity index (χ1v) is 6.19. The van der Waals surface area contributed by atoms with Crippen molar-refractivity contribution in [1.29, 1.82) is 0 Å². The van der Waals surface area contributed by atoms with Crippen LogP contribution in [0.25, 0.3) is 0 Å². The Balaban J connectivity index is 2.30. The summed E-state index contributed by atoms with van der Waals surface area (Å²) in [6.07, 6.45) is 1.79. The number of aryl methyl sites for hydroxylation is 1. The van der Waals surface area contributed by atoms with Crippen LogP contribution in [0, 0.1) is 0 Å². The van der Waals surface area contributed by atoms with E-state index in [9.17, 15) is 9.90 Å². The molecule has 1 aromatic carbocycles. The van der Waals surface area contributed by atoms with Crippen LogP contribution in [-0.4, -0.2) is 42.6 Å². The van der Waals surface area contributed by atoms with Gasteiger partial charge in [-0.05, 0) is 51.6 Å². The fraction of sp³-hybridized carbons (Fsp3) is 0.500. The van der Waals surface area contributed by atoms with Gasteiger partial charge >= 0.3 is 0 Å². The zero-order valence-electron chi connectivity index (χ0n) is 11.3. The summed E-state index contributed by atoms with van der Waals surface area (Å²) in [6, 6.07) is 7.34. The molecule has 100 valence electrons. The van der Waals surface area contributed by atoms with Gasteiger partial charge in [0, 0.05) is 6.04 Å². The number of nitrogens with one attached hydrogen (secondary N) is 1. The van der Waals surface area contributed by atoms with E-state index in [-0.39, 0.29) is 17.7 Å². The highest BCUT2D eigenvalue weighted by Crippen LogP contribution is 2.11. The Morgan fingerprint density at radius 1 is 1.33 bits per heavy atom. The summed E-state index contributed by atoms with van der Waals surface area (Å²) in [6.45, 7) is 2.43. The van der Waals surface area contributed by atoms with Gasteiger partial charge < -0.3 is 15.3 Å². The van der Waals surface area contributed by atoms with Crippen molar-refractivity contribution in [3.8, 4) is 5.75 Å². The van der Waals surface area contributed by atoms with E-state index in [1.54, 1.807) is 12.1 Å². The van der Waals surface area contributed by atoms with Crippen molar-refractivity contribution < 1.29 is 9.90 Å². The Morgan fingerprint density at radius 2 is 1.94 bits per heavy atom. The molecular formula is C14H22N2O2. The van der Waals surface area contributed by atoms with Crippen molar-refractivity contribution >= 4 is 5.91 Å². The average Bonchev–Trinajstić information content (AvgIpc) is 2.27. The molecule has 1 rings (SSSR count). The molecule has 0 heterocycles. The van der Waals surface area contributed by atoms with Gasteiger partial charge in [0.05, 0.1) is 6.54 Å².